The predicted octanol–water partition coefficient (Wildman–Crippen LogP) is 1.71. The fourth-order valence-electron chi connectivity index (χ4n) is 3.34. The number of aromatic nitrogens is 3. The molecule has 7 nitrogen and oxygen atoms in total. The highest BCUT2D eigenvalue weighted by Gasteiger charge is 2.39. The van der Waals surface area contributed by atoms with Crippen LogP contribution < -0.4 is 5.32 Å². The van der Waals surface area contributed by atoms with Crippen LogP contribution in [0.4, 0.5) is 0 Å². The molecule has 0 saturated carbocycles. The van der Waals surface area contributed by atoms with Crippen LogP contribution in [0.2, 0.25) is 0 Å². The van der Waals surface area contributed by atoms with Crippen LogP contribution in [0.25, 0.3) is 0 Å². The third-order valence-corrected chi connectivity index (χ3v) is 4.47. The molecule has 1 N–H and O–H groups in total. The summed E-state index contributed by atoms with van der Waals surface area (Å²) in [5, 5.41) is 11.5. The number of nitrogens with zero attached hydrogens (tertiary/aromatic N) is 3. The lowest BCUT2D eigenvalue weighted by molar-refractivity contribution is -0.112. The van der Waals surface area contributed by atoms with E-state index in [4.69, 9.17) is 9.47 Å². The zero-order valence-electron chi connectivity index (χ0n) is 14.2. The Labute approximate surface area is 136 Å². The van der Waals surface area contributed by atoms with Crippen LogP contribution in [0.1, 0.15) is 63.0 Å². The van der Waals surface area contributed by atoms with Crippen molar-refractivity contribution >= 4 is 5.97 Å². The molecule has 1 spiro atoms. The minimum absolute atomic E-state index is 0.0494. The highest BCUT2D eigenvalue weighted by atomic mass is 16.6. The Hall–Kier alpha value is -1.47. The zero-order valence-corrected chi connectivity index (χ0v) is 14.2. The lowest BCUT2D eigenvalue weighted by Crippen LogP contribution is -2.48. The van der Waals surface area contributed by atoms with E-state index in [0.717, 1.165) is 45.4 Å². The van der Waals surface area contributed by atoms with Gasteiger partial charge in [-0.25, -0.2) is 9.48 Å². The van der Waals surface area contributed by atoms with E-state index in [1.165, 1.54) is 0 Å². The molecule has 7 heteroatoms. The summed E-state index contributed by atoms with van der Waals surface area (Å²) in [5.41, 5.74) is -0.309. The molecule has 3 rings (SSSR count). The van der Waals surface area contributed by atoms with Gasteiger partial charge in [0.25, 0.3) is 0 Å². The summed E-state index contributed by atoms with van der Waals surface area (Å²) in [6, 6.07) is 0.227. The Balaban J connectivity index is 1.69. The number of piperidine rings is 1. The Bertz CT molecular complexity index is 552. The SMILES string of the molecule is CC(C)(C)OC(=O)c1cn(C2CCOC3(CCNCC3)C2)nn1. The number of hydrogen-bond acceptors (Lipinski definition) is 6. The first-order valence-electron chi connectivity index (χ1n) is 8.37. The minimum atomic E-state index is -0.529. The van der Waals surface area contributed by atoms with Crippen molar-refractivity contribution in [2.24, 2.45) is 0 Å². The van der Waals surface area contributed by atoms with Gasteiger partial charge < -0.3 is 14.8 Å². The van der Waals surface area contributed by atoms with E-state index in [0.29, 0.717) is 0 Å². The van der Waals surface area contributed by atoms with Crippen molar-refractivity contribution < 1.29 is 14.3 Å². The highest BCUT2D eigenvalue weighted by molar-refractivity contribution is 5.87. The second-order valence-corrected chi connectivity index (χ2v) is 7.51. The van der Waals surface area contributed by atoms with Gasteiger partial charge in [-0.1, -0.05) is 5.21 Å². The average molecular weight is 322 g/mol. The van der Waals surface area contributed by atoms with Gasteiger partial charge in [0, 0.05) is 6.61 Å². The van der Waals surface area contributed by atoms with E-state index in [9.17, 15) is 4.79 Å². The number of carbonyl (C=O) groups excluding carboxylic acids is 1. The molecule has 1 atom stereocenters. The summed E-state index contributed by atoms with van der Waals surface area (Å²) < 4.78 is 13.2. The molecule has 0 aliphatic carbocycles. The van der Waals surface area contributed by atoms with E-state index in [2.05, 4.69) is 15.6 Å². The molecule has 1 aromatic rings. The van der Waals surface area contributed by atoms with Crippen LogP contribution >= 0.6 is 0 Å². The standard InChI is InChI=1S/C16H26N4O3/c1-15(2,3)23-14(21)13-11-20(19-18-13)12-4-9-22-16(10-12)5-7-17-8-6-16/h11-12,17H,4-10H2,1-3H3. The molecule has 2 fully saturated rings. The van der Waals surface area contributed by atoms with Crippen molar-refractivity contribution in [3.05, 3.63) is 11.9 Å². The van der Waals surface area contributed by atoms with E-state index in [-0.39, 0.29) is 17.3 Å². The third-order valence-electron chi connectivity index (χ3n) is 4.47. The number of rotatable bonds is 2. The maximum atomic E-state index is 12.1. The molecule has 0 aromatic carbocycles. The van der Waals surface area contributed by atoms with Crippen molar-refractivity contribution in [2.45, 2.75) is 63.7 Å². The summed E-state index contributed by atoms with van der Waals surface area (Å²) in [5.74, 6) is -0.424. The summed E-state index contributed by atoms with van der Waals surface area (Å²) in [4.78, 5) is 12.1. The number of nitrogens with one attached hydrogen (secondary N) is 1. The molecule has 2 saturated heterocycles. The maximum absolute atomic E-state index is 12.1. The molecule has 1 unspecified atom stereocenters. The van der Waals surface area contributed by atoms with Gasteiger partial charge in [0.15, 0.2) is 5.69 Å². The van der Waals surface area contributed by atoms with Gasteiger partial charge in [0.1, 0.15) is 5.60 Å². The van der Waals surface area contributed by atoms with Gasteiger partial charge in [-0.15, -0.1) is 5.10 Å². The van der Waals surface area contributed by atoms with Gasteiger partial charge in [-0.2, -0.15) is 0 Å². The van der Waals surface area contributed by atoms with E-state index in [1.54, 1.807) is 6.20 Å². The second-order valence-electron chi connectivity index (χ2n) is 7.51. The second kappa shape index (κ2) is 6.20. The molecule has 2 aliphatic heterocycles. The van der Waals surface area contributed by atoms with Crippen molar-refractivity contribution in [3.8, 4) is 0 Å². The molecule has 3 heterocycles. The molecule has 23 heavy (non-hydrogen) atoms. The lowest BCUT2D eigenvalue weighted by atomic mass is 9.83. The molecular formula is C16H26N4O3. The smallest absolute Gasteiger partial charge is 0.361 e. The van der Waals surface area contributed by atoms with Gasteiger partial charge >= 0.3 is 5.97 Å². The van der Waals surface area contributed by atoms with E-state index >= 15 is 0 Å². The molecule has 1 aromatic heterocycles. The van der Waals surface area contributed by atoms with Crippen molar-refractivity contribution in [3.63, 3.8) is 0 Å². The van der Waals surface area contributed by atoms with Gasteiger partial charge in [-0.05, 0) is 59.5 Å². The topological polar surface area (TPSA) is 78.3 Å². The Morgan fingerprint density at radius 3 is 2.87 bits per heavy atom. The van der Waals surface area contributed by atoms with Crippen LogP contribution in [-0.2, 0) is 9.47 Å². The van der Waals surface area contributed by atoms with Gasteiger partial charge in [-0.3, -0.25) is 0 Å². The monoisotopic (exact) mass is 322 g/mol. The van der Waals surface area contributed by atoms with Crippen LogP contribution in [-0.4, -0.2) is 51.9 Å². The first kappa shape index (κ1) is 16.4. The Morgan fingerprint density at radius 2 is 2.17 bits per heavy atom. The zero-order chi connectivity index (χ0) is 16.5. The molecule has 128 valence electrons. The molecule has 0 radical (unpaired) electrons. The molecule has 2 aliphatic rings. The molecule has 0 amide bonds. The Kier molecular flexibility index (Phi) is 4.42. The first-order chi connectivity index (χ1) is 10.9. The van der Waals surface area contributed by atoms with Crippen molar-refractivity contribution in [1.29, 1.82) is 0 Å². The third kappa shape index (κ3) is 3.90. The normalized spacial score (nSPS) is 24.6. The average Bonchev–Trinajstić information content (AvgIpc) is 2.96. The summed E-state index contributed by atoms with van der Waals surface area (Å²) >= 11 is 0. The highest BCUT2D eigenvalue weighted by Crippen LogP contribution is 2.37. The fourth-order valence-corrected chi connectivity index (χ4v) is 3.34. The van der Waals surface area contributed by atoms with Crippen LogP contribution in [0, 0.1) is 0 Å². The minimum Gasteiger partial charge on any atom is -0.455 e. The van der Waals surface area contributed by atoms with Gasteiger partial charge in [0.05, 0.1) is 17.8 Å². The summed E-state index contributed by atoms with van der Waals surface area (Å²) in [6.07, 6.45) is 5.57. The van der Waals surface area contributed by atoms with Crippen LogP contribution in [0.15, 0.2) is 6.20 Å². The summed E-state index contributed by atoms with van der Waals surface area (Å²) in [7, 11) is 0. The number of ether oxygens (including phenoxy) is 2. The Morgan fingerprint density at radius 1 is 1.43 bits per heavy atom. The van der Waals surface area contributed by atoms with E-state index < -0.39 is 11.6 Å². The number of hydrogen-bond donors (Lipinski definition) is 1. The maximum Gasteiger partial charge on any atom is 0.361 e. The molecule has 0 bridgehead atoms. The largest absolute Gasteiger partial charge is 0.455 e. The first-order valence-corrected chi connectivity index (χ1v) is 8.37. The van der Waals surface area contributed by atoms with Crippen LogP contribution in [0.3, 0.4) is 0 Å². The van der Waals surface area contributed by atoms with E-state index in [1.807, 2.05) is 25.5 Å². The fraction of sp³-hybridized carbons (Fsp3) is 0.812. The van der Waals surface area contributed by atoms with Gasteiger partial charge in [0.2, 0.25) is 0 Å². The molecular weight excluding hydrogens is 296 g/mol. The number of esters is 1. The summed E-state index contributed by atoms with van der Waals surface area (Å²) in [6.45, 7) is 8.24. The quantitative estimate of drug-likeness (QED) is 0.835. The number of carbonyl (C=O) groups is 1. The van der Waals surface area contributed by atoms with Crippen molar-refractivity contribution in [2.75, 3.05) is 19.7 Å². The van der Waals surface area contributed by atoms with Crippen molar-refractivity contribution in [1.82, 2.24) is 20.3 Å². The lowest BCUT2D eigenvalue weighted by Gasteiger charge is -2.43. The van der Waals surface area contributed by atoms with Crippen LogP contribution in [0.5, 0.6) is 0 Å². The predicted molar refractivity (Wildman–Crippen MR) is 84.2 cm³/mol.